The summed E-state index contributed by atoms with van der Waals surface area (Å²) in [6.45, 7) is 4.17. The van der Waals surface area contributed by atoms with Crippen molar-refractivity contribution in [3.63, 3.8) is 0 Å². The predicted molar refractivity (Wildman–Crippen MR) is 97.5 cm³/mol. The third kappa shape index (κ3) is 3.00. The lowest BCUT2D eigenvalue weighted by Gasteiger charge is -2.35. The molecule has 134 valence electrons. The van der Waals surface area contributed by atoms with Gasteiger partial charge in [-0.15, -0.1) is 0 Å². The molecule has 1 aromatic carbocycles. The molecule has 1 amide bonds. The minimum absolute atomic E-state index is 0.0744. The summed E-state index contributed by atoms with van der Waals surface area (Å²) in [7, 11) is 0. The molecule has 0 unspecified atom stereocenters. The molecular formula is C19H20FN5O. The average molecular weight is 353 g/mol. The predicted octanol–water partition coefficient (Wildman–Crippen LogP) is 2.23. The van der Waals surface area contributed by atoms with E-state index in [0.29, 0.717) is 44.2 Å². The van der Waals surface area contributed by atoms with Crippen molar-refractivity contribution < 1.29 is 9.18 Å². The van der Waals surface area contributed by atoms with Gasteiger partial charge in [0, 0.05) is 37.9 Å². The highest BCUT2D eigenvalue weighted by atomic mass is 19.1. The molecule has 2 aromatic heterocycles. The van der Waals surface area contributed by atoms with Crippen molar-refractivity contribution in [2.75, 3.05) is 31.1 Å². The molecule has 1 aliphatic heterocycles. The number of anilines is 1. The summed E-state index contributed by atoms with van der Waals surface area (Å²) in [5, 5.41) is 1.12. The van der Waals surface area contributed by atoms with Crippen LogP contribution in [-0.2, 0) is 11.3 Å². The topological polar surface area (TPSA) is 54.3 Å². The first kappa shape index (κ1) is 16.5. The molecular weight excluding hydrogens is 333 g/mol. The summed E-state index contributed by atoms with van der Waals surface area (Å²) in [6.07, 6.45) is 3.32. The van der Waals surface area contributed by atoms with Crippen molar-refractivity contribution >= 4 is 22.6 Å². The molecule has 1 fully saturated rings. The molecule has 26 heavy (non-hydrogen) atoms. The SMILES string of the molecule is Cc1ncnc(N2CCN(C(=O)Cn3ccc4ccccc43)CC2)c1F. The van der Waals surface area contributed by atoms with Gasteiger partial charge in [-0.25, -0.2) is 14.4 Å². The lowest BCUT2D eigenvalue weighted by molar-refractivity contribution is -0.132. The number of amides is 1. The van der Waals surface area contributed by atoms with Gasteiger partial charge in [0.2, 0.25) is 5.91 Å². The van der Waals surface area contributed by atoms with Crippen LogP contribution in [0.2, 0.25) is 0 Å². The van der Waals surface area contributed by atoms with Gasteiger partial charge in [0.15, 0.2) is 11.6 Å². The van der Waals surface area contributed by atoms with E-state index in [0.717, 1.165) is 10.9 Å². The van der Waals surface area contributed by atoms with Crippen molar-refractivity contribution in [3.8, 4) is 0 Å². The van der Waals surface area contributed by atoms with Gasteiger partial charge >= 0.3 is 0 Å². The van der Waals surface area contributed by atoms with Gasteiger partial charge < -0.3 is 14.4 Å². The number of aromatic nitrogens is 3. The Kier molecular flexibility index (Phi) is 4.28. The molecule has 0 N–H and O–H groups in total. The van der Waals surface area contributed by atoms with Crippen molar-refractivity contribution in [1.82, 2.24) is 19.4 Å². The second kappa shape index (κ2) is 6.74. The minimum Gasteiger partial charge on any atom is -0.351 e. The monoisotopic (exact) mass is 353 g/mol. The lowest BCUT2D eigenvalue weighted by Crippen LogP contribution is -2.50. The number of carbonyl (C=O) groups excluding carboxylic acids is 1. The van der Waals surface area contributed by atoms with Gasteiger partial charge in [0.25, 0.3) is 0 Å². The van der Waals surface area contributed by atoms with Crippen LogP contribution >= 0.6 is 0 Å². The Morgan fingerprint density at radius 1 is 1.12 bits per heavy atom. The number of hydrogen-bond acceptors (Lipinski definition) is 4. The van der Waals surface area contributed by atoms with E-state index >= 15 is 0 Å². The highest BCUT2D eigenvalue weighted by Crippen LogP contribution is 2.20. The largest absolute Gasteiger partial charge is 0.351 e. The van der Waals surface area contributed by atoms with Gasteiger partial charge in [-0.1, -0.05) is 18.2 Å². The first-order chi connectivity index (χ1) is 12.6. The normalized spacial score (nSPS) is 14.8. The molecule has 7 heteroatoms. The van der Waals surface area contributed by atoms with E-state index < -0.39 is 0 Å². The zero-order chi connectivity index (χ0) is 18.1. The maximum absolute atomic E-state index is 14.2. The molecule has 0 bridgehead atoms. The second-order valence-electron chi connectivity index (χ2n) is 6.47. The summed E-state index contributed by atoms with van der Waals surface area (Å²) >= 11 is 0. The van der Waals surface area contributed by atoms with E-state index in [1.807, 2.05) is 50.9 Å². The van der Waals surface area contributed by atoms with Crippen molar-refractivity contribution in [1.29, 1.82) is 0 Å². The molecule has 0 spiro atoms. The van der Waals surface area contributed by atoms with Gasteiger partial charge in [-0.3, -0.25) is 4.79 Å². The lowest BCUT2D eigenvalue weighted by atomic mass is 10.2. The van der Waals surface area contributed by atoms with Gasteiger partial charge in [-0.05, 0) is 24.4 Å². The van der Waals surface area contributed by atoms with Crippen molar-refractivity contribution in [2.45, 2.75) is 13.5 Å². The number of nitrogens with zero attached hydrogens (tertiary/aromatic N) is 5. The summed E-state index contributed by atoms with van der Waals surface area (Å²) in [6, 6.07) is 10.0. The molecule has 3 heterocycles. The molecule has 1 saturated heterocycles. The molecule has 0 atom stereocenters. The average Bonchev–Trinajstić information content (AvgIpc) is 3.07. The smallest absolute Gasteiger partial charge is 0.242 e. The highest BCUT2D eigenvalue weighted by Gasteiger charge is 2.24. The molecule has 6 nitrogen and oxygen atoms in total. The second-order valence-corrected chi connectivity index (χ2v) is 6.47. The first-order valence-corrected chi connectivity index (χ1v) is 8.67. The summed E-state index contributed by atoms with van der Waals surface area (Å²) in [4.78, 5) is 24.3. The molecule has 3 aromatic rings. The van der Waals surface area contributed by atoms with Crippen LogP contribution in [0, 0.1) is 12.7 Å². The zero-order valence-corrected chi connectivity index (χ0v) is 14.6. The van der Waals surface area contributed by atoms with Crippen molar-refractivity contribution in [3.05, 3.63) is 54.4 Å². The fourth-order valence-electron chi connectivity index (χ4n) is 3.36. The van der Waals surface area contributed by atoms with Crippen LogP contribution < -0.4 is 4.90 Å². The summed E-state index contributed by atoms with van der Waals surface area (Å²) in [5.41, 5.74) is 1.39. The molecule has 4 rings (SSSR count). The van der Waals surface area contributed by atoms with Crippen LogP contribution in [0.5, 0.6) is 0 Å². The molecule has 1 aliphatic rings. The van der Waals surface area contributed by atoms with E-state index in [1.165, 1.54) is 6.33 Å². The summed E-state index contributed by atoms with van der Waals surface area (Å²) < 4.78 is 16.2. The third-order valence-corrected chi connectivity index (χ3v) is 4.86. The van der Waals surface area contributed by atoms with Crippen LogP contribution in [0.15, 0.2) is 42.9 Å². The molecule has 0 radical (unpaired) electrons. The van der Waals surface area contributed by atoms with Crippen LogP contribution in [0.25, 0.3) is 10.9 Å². The standard InChI is InChI=1S/C19H20FN5O/c1-14-18(20)19(22-13-21-14)24-10-8-23(9-11-24)17(26)12-25-7-6-15-4-2-3-5-16(15)25/h2-7,13H,8-12H2,1H3. The van der Waals surface area contributed by atoms with Crippen LogP contribution in [0.4, 0.5) is 10.2 Å². The quantitative estimate of drug-likeness (QED) is 0.725. The van der Waals surface area contributed by atoms with Gasteiger partial charge in [-0.2, -0.15) is 0 Å². The Hall–Kier alpha value is -2.96. The third-order valence-electron chi connectivity index (χ3n) is 4.86. The van der Waals surface area contributed by atoms with E-state index in [-0.39, 0.29) is 11.7 Å². The number of hydrogen-bond donors (Lipinski definition) is 0. The van der Waals surface area contributed by atoms with Crippen molar-refractivity contribution in [2.24, 2.45) is 0 Å². The Labute approximate surface area is 150 Å². The molecule has 0 saturated carbocycles. The summed E-state index contributed by atoms with van der Waals surface area (Å²) in [5.74, 6) is 0.0115. The van der Waals surface area contributed by atoms with Gasteiger partial charge in [0.05, 0.1) is 5.69 Å². The maximum Gasteiger partial charge on any atom is 0.242 e. The maximum atomic E-state index is 14.2. The molecule has 0 aliphatic carbocycles. The number of carbonyl (C=O) groups is 1. The van der Waals surface area contributed by atoms with Crippen LogP contribution in [0.3, 0.4) is 0 Å². The fraction of sp³-hybridized carbons (Fsp3) is 0.316. The Bertz CT molecular complexity index is 946. The van der Waals surface area contributed by atoms with Crippen LogP contribution in [0.1, 0.15) is 5.69 Å². The Morgan fingerprint density at radius 3 is 2.69 bits per heavy atom. The number of fused-ring (bicyclic) bond motifs is 1. The first-order valence-electron chi connectivity index (χ1n) is 8.67. The van der Waals surface area contributed by atoms with Crippen LogP contribution in [-0.4, -0.2) is 51.5 Å². The van der Waals surface area contributed by atoms with E-state index in [1.54, 1.807) is 6.92 Å². The van der Waals surface area contributed by atoms with E-state index in [9.17, 15) is 9.18 Å². The Morgan fingerprint density at radius 2 is 1.88 bits per heavy atom. The zero-order valence-electron chi connectivity index (χ0n) is 14.6. The van der Waals surface area contributed by atoms with E-state index in [2.05, 4.69) is 9.97 Å². The number of aryl methyl sites for hydroxylation is 1. The number of rotatable bonds is 3. The fourth-order valence-corrected chi connectivity index (χ4v) is 3.36. The minimum atomic E-state index is -0.383. The number of halogens is 1. The Balaban J connectivity index is 1.41. The van der Waals surface area contributed by atoms with Gasteiger partial charge in [0.1, 0.15) is 12.9 Å². The highest BCUT2D eigenvalue weighted by molar-refractivity contribution is 5.83. The number of para-hydroxylation sites is 1. The van der Waals surface area contributed by atoms with E-state index in [4.69, 9.17) is 0 Å². The number of benzene rings is 1. The number of piperazine rings is 1.